The van der Waals surface area contributed by atoms with E-state index in [2.05, 4.69) is 294 Å². The zero-order valence-corrected chi connectivity index (χ0v) is 50.3. The molecule has 12 aromatic carbocycles. The van der Waals surface area contributed by atoms with Gasteiger partial charge in [0.2, 0.25) is 13.4 Å². The second-order valence-electron chi connectivity index (χ2n) is 23.0. The fourth-order valence-electron chi connectivity index (χ4n) is 14.8. The van der Waals surface area contributed by atoms with Crippen LogP contribution in [-0.4, -0.2) is 13.4 Å². The highest BCUT2D eigenvalue weighted by molar-refractivity contribution is 8.26. The molecule has 8 heteroatoms. The minimum Gasteiger partial charge on any atom is -0.307 e. The van der Waals surface area contributed by atoms with Crippen molar-refractivity contribution < 1.29 is 0 Å². The van der Waals surface area contributed by atoms with Crippen molar-refractivity contribution in [1.29, 1.82) is 0 Å². The fourth-order valence-corrected chi connectivity index (χ4v) is 22.3. The molecule has 0 spiro atoms. The van der Waals surface area contributed by atoms with Crippen molar-refractivity contribution in [3.05, 3.63) is 276 Å². The molecule has 0 saturated carbocycles. The van der Waals surface area contributed by atoms with E-state index >= 15 is 0 Å². The first-order chi connectivity index (χ1) is 39.9. The minimum absolute atomic E-state index is 0.136. The van der Waals surface area contributed by atoms with Gasteiger partial charge >= 0.3 is 0 Å². The molecule has 12 aromatic rings. The van der Waals surface area contributed by atoms with Crippen LogP contribution in [0.5, 0.6) is 0 Å². The first-order valence-corrected chi connectivity index (χ1v) is 34.1. The van der Waals surface area contributed by atoms with Crippen LogP contribution in [-0.2, 0) is 23.6 Å². The van der Waals surface area contributed by atoms with E-state index in [0.29, 0.717) is 0 Å². The molecule has 0 fully saturated rings. The third-order valence-corrected chi connectivity index (χ3v) is 27.9. The summed E-state index contributed by atoms with van der Waals surface area (Å²) in [6.45, 7) is 13.5. The second kappa shape index (κ2) is 19.4. The van der Waals surface area contributed by atoms with Crippen molar-refractivity contribution >= 4 is 169 Å². The summed E-state index contributed by atoms with van der Waals surface area (Å²) >= 11 is 14.5. The van der Waals surface area contributed by atoms with E-state index in [1.807, 2.05) is 0 Å². The summed E-state index contributed by atoms with van der Waals surface area (Å²) in [5.74, 6) is 0. The van der Waals surface area contributed by atoms with E-state index in [9.17, 15) is 0 Å². The number of rotatable bonds is 8. The average Bonchev–Trinajstić information content (AvgIpc) is 0.775. The van der Waals surface area contributed by atoms with Gasteiger partial charge in [0.15, 0.2) is 0 Å². The lowest BCUT2D eigenvalue weighted by molar-refractivity contribution is 1.19. The minimum atomic E-state index is -2.59. The van der Waals surface area contributed by atoms with Gasteiger partial charge in [0, 0.05) is 23.5 Å². The van der Waals surface area contributed by atoms with Crippen LogP contribution >= 0.6 is 12.1 Å². The maximum atomic E-state index is 7.25. The first-order valence-electron chi connectivity index (χ1n) is 28.5. The smallest absolute Gasteiger partial charge is 0.248 e. The summed E-state index contributed by atoms with van der Waals surface area (Å²) in [6, 6.07) is 86.1. The average molecular weight is 1120 g/mol. The van der Waals surface area contributed by atoms with Crippen molar-refractivity contribution in [2.75, 3.05) is 9.80 Å². The third-order valence-electron chi connectivity index (χ3n) is 18.0. The molecule has 0 amide bonds. The lowest BCUT2D eigenvalue weighted by Crippen LogP contribution is -2.62. The zero-order valence-electron chi connectivity index (χ0n) is 46.9. The molecule has 3 aliphatic heterocycles. The molecule has 0 bridgehead atoms. The lowest BCUT2D eigenvalue weighted by atomic mass is 9.32. The molecule has 2 nitrogen and oxygen atoms in total. The van der Waals surface area contributed by atoms with E-state index in [4.69, 9.17) is 23.6 Å². The second-order valence-corrected chi connectivity index (χ2v) is 31.8. The van der Waals surface area contributed by atoms with Crippen LogP contribution in [0.4, 0.5) is 34.1 Å². The summed E-state index contributed by atoms with van der Waals surface area (Å²) in [4.78, 5) is 5.36. The Bertz CT molecular complexity index is 4310. The molecule has 0 atom stereocenters. The molecule has 0 radical (unpaired) electrons. The zero-order chi connectivity index (χ0) is 55.8. The molecule has 392 valence electrons. The van der Waals surface area contributed by atoms with Gasteiger partial charge in [-0.25, -0.2) is 0 Å². The molecule has 3 aliphatic rings. The van der Waals surface area contributed by atoms with Gasteiger partial charge < -0.3 is 9.80 Å². The Morgan fingerprint density at radius 1 is 0.293 bits per heavy atom. The van der Waals surface area contributed by atoms with Crippen LogP contribution in [0.1, 0.15) is 33.4 Å². The van der Waals surface area contributed by atoms with Crippen molar-refractivity contribution in [1.82, 2.24) is 0 Å². The Balaban J connectivity index is 1.10. The molecule has 0 aliphatic carbocycles. The summed E-state index contributed by atoms with van der Waals surface area (Å²) < 4.78 is 0. The number of hydrogen-bond acceptors (Lipinski definition) is 4. The van der Waals surface area contributed by atoms with Crippen molar-refractivity contribution in [2.45, 2.75) is 41.5 Å². The van der Waals surface area contributed by atoms with Crippen molar-refractivity contribution in [3.63, 3.8) is 0 Å². The van der Waals surface area contributed by atoms with Gasteiger partial charge in [0.05, 0.1) is 22.7 Å². The normalized spacial score (nSPS) is 13.2. The SMILES string of the molecule is Cc1cc(C)c(B2c3cc(P(=S)(c4ccccc4)c4ccccc4)ccc3N3c4cc5ccccc5c5c4N(c4ccc(P(=S)(c6ccccc6)c6ccccc6)cc4B5c4c(C)cc(C)cc4C)c4cc5ccccc5c2c43)c(C)c1. The van der Waals surface area contributed by atoms with E-state index in [-0.39, 0.29) is 13.4 Å². The molecule has 0 aromatic heterocycles. The number of aryl methyl sites for hydroxylation is 6. The lowest BCUT2D eigenvalue weighted by Gasteiger charge is -2.50. The molecule has 0 N–H and O–H groups in total. The maximum Gasteiger partial charge on any atom is 0.248 e. The fraction of sp³-hybridized carbons (Fsp3) is 0.0811. The van der Waals surface area contributed by atoms with Gasteiger partial charge in [0.1, 0.15) is 0 Å². The monoisotopic (exact) mass is 1120 g/mol. The molecule has 0 saturated heterocycles. The van der Waals surface area contributed by atoms with Crippen LogP contribution in [0.25, 0.3) is 21.5 Å². The van der Waals surface area contributed by atoms with Crippen LogP contribution < -0.4 is 74.4 Å². The van der Waals surface area contributed by atoms with E-state index in [0.717, 1.165) is 0 Å². The quantitative estimate of drug-likeness (QED) is 0.110. The number of benzene rings is 12. The van der Waals surface area contributed by atoms with Gasteiger partial charge in [-0.05, 0) is 141 Å². The highest BCUT2D eigenvalue weighted by atomic mass is 32.4. The molecular formula is C74H58B2N2P2S2. The molecule has 0 unspecified atom stereocenters. The van der Waals surface area contributed by atoms with Crippen molar-refractivity contribution in [3.8, 4) is 0 Å². The van der Waals surface area contributed by atoms with Gasteiger partial charge in [-0.3, -0.25) is 0 Å². The Kier molecular flexibility index (Phi) is 12.1. The van der Waals surface area contributed by atoms with Gasteiger partial charge in [0.25, 0.3) is 0 Å². The highest BCUT2D eigenvalue weighted by Gasteiger charge is 2.49. The highest BCUT2D eigenvalue weighted by Crippen LogP contribution is 2.57. The van der Waals surface area contributed by atoms with Crippen LogP contribution in [0.15, 0.2) is 243 Å². The first kappa shape index (κ1) is 51.1. The molecule has 3 heterocycles. The summed E-state index contributed by atoms with van der Waals surface area (Å²) in [6.07, 6.45) is 0. The number of fused-ring (bicyclic) bond motifs is 10. The van der Waals surface area contributed by atoms with Crippen LogP contribution in [0, 0.1) is 41.5 Å². The number of nitrogens with zero attached hydrogens (tertiary/aromatic N) is 2. The van der Waals surface area contributed by atoms with Crippen molar-refractivity contribution in [2.24, 2.45) is 0 Å². The van der Waals surface area contributed by atoms with Crippen LogP contribution in [0.3, 0.4) is 0 Å². The largest absolute Gasteiger partial charge is 0.307 e. The number of hydrogen-bond donors (Lipinski definition) is 0. The van der Waals surface area contributed by atoms with Crippen LogP contribution in [0.2, 0.25) is 0 Å². The molecule has 15 rings (SSSR count). The third kappa shape index (κ3) is 7.55. The molecular weight excluding hydrogens is 1060 g/mol. The predicted molar refractivity (Wildman–Crippen MR) is 367 cm³/mol. The predicted octanol–water partition coefficient (Wildman–Crippen LogP) is 12.3. The summed E-state index contributed by atoms with van der Waals surface area (Å²) in [5.41, 5.74) is 22.7. The van der Waals surface area contributed by atoms with E-state index in [1.165, 1.54) is 154 Å². The van der Waals surface area contributed by atoms with E-state index in [1.54, 1.807) is 0 Å². The Morgan fingerprint density at radius 2 is 0.598 bits per heavy atom. The Hall–Kier alpha value is -7.81. The van der Waals surface area contributed by atoms with Gasteiger partial charge in [-0.2, -0.15) is 0 Å². The Labute approximate surface area is 493 Å². The number of anilines is 6. The topological polar surface area (TPSA) is 6.48 Å². The molecule has 82 heavy (non-hydrogen) atoms. The van der Waals surface area contributed by atoms with Gasteiger partial charge in [-0.15, -0.1) is 0 Å². The maximum absolute atomic E-state index is 7.25. The summed E-state index contributed by atoms with van der Waals surface area (Å²) in [7, 11) is 0. The standard InChI is InChI=1S/C74H58B2N2P2S2/c1-47-39-49(3)69(50(4)40-47)75-63-45-59(79(81,55-25-11-7-12-26-55)56-27-13-8-14-28-56)35-37-65(63)77-68-44-54-24-20-22-34-62(54)72-74(68)78(67-43-53-23-19-21-33-61(53)71(75)73(67)77)66-38-36-60(46-64(66)76(72)70-51(5)41-48(2)42-52(70)6)80(82,57-29-15-9-16-30-57)58-31-17-10-18-32-58/h7-46H,1-6H3. The Morgan fingerprint density at radius 3 is 0.927 bits per heavy atom. The van der Waals surface area contributed by atoms with Gasteiger partial charge in [-0.1, -0.05) is 286 Å². The summed E-state index contributed by atoms with van der Waals surface area (Å²) in [5, 5.41) is 12.1. The van der Waals surface area contributed by atoms with E-state index < -0.39 is 12.1 Å².